The highest BCUT2D eigenvalue weighted by Gasteiger charge is 2.39. The van der Waals surface area contributed by atoms with Crippen molar-refractivity contribution in [2.45, 2.75) is 57.3 Å². The van der Waals surface area contributed by atoms with Crippen LogP contribution in [0.5, 0.6) is 5.75 Å². The molecule has 0 amide bonds. The number of likely N-dealkylation sites (N-methyl/N-ethyl adjacent to an activating group) is 1. The molecule has 0 bridgehead atoms. The molecule has 3 N–H and O–H groups in total. The summed E-state index contributed by atoms with van der Waals surface area (Å²) in [5.41, 5.74) is -0.604. The topological polar surface area (TPSA) is 166 Å². The number of phosphoric ester groups is 1. The number of carbonyl (C=O) groups is 1. The van der Waals surface area contributed by atoms with E-state index < -0.39 is 49.0 Å². The van der Waals surface area contributed by atoms with Crippen molar-refractivity contribution < 1.29 is 52.0 Å². The van der Waals surface area contributed by atoms with Gasteiger partial charge in [0, 0.05) is 12.1 Å². The fraction of sp³-hybridized carbons (Fsp3) is 0.667. The molecule has 1 rings (SSSR count). The van der Waals surface area contributed by atoms with Crippen molar-refractivity contribution in [1.82, 2.24) is 0 Å². The van der Waals surface area contributed by atoms with E-state index in [1.807, 2.05) is 0 Å². The Labute approximate surface area is 203 Å². The van der Waals surface area contributed by atoms with Gasteiger partial charge < -0.3 is 24.3 Å². The molecule has 3 atom stereocenters. The summed E-state index contributed by atoms with van der Waals surface area (Å²) in [6.45, 7) is 0.269. The number of quaternary nitrogens is 1. The third-order valence-electron chi connectivity index (χ3n) is 4.95. The third-order valence-corrected chi connectivity index (χ3v) is 5.99. The molecular weight excluding hydrogens is 490 g/mol. The average molecular weight is 525 g/mol. The summed E-state index contributed by atoms with van der Waals surface area (Å²) in [7, 11) is 0.219. The Bertz CT molecular complexity index is 880. The van der Waals surface area contributed by atoms with Crippen LogP contribution in [0.15, 0.2) is 18.2 Å². The molecule has 35 heavy (non-hydrogen) atoms. The summed E-state index contributed by atoms with van der Waals surface area (Å²) in [6, 6.07) is 3.38. The number of nitro benzene ring substituents is 1. The van der Waals surface area contributed by atoms with E-state index in [9.17, 15) is 33.9 Å². The van der Waals surface area contributed by atoms with E-state index in [1.165, 1.54) is 6.07 Å². The Morgan fingerprint density at radius 3 is 2.23 bits per heavy atom. The number of ether oxygens (including phenoxy) is 1. The van der Waals surface area contributed by atoms with Crippen LogP contribution in [0.4, 0.5) is 10.1 Å². The number of nitrogens with zero attached hydrogens (tertiary/aromatic N) is 2. The van der Waals surface area contributed by atoms with Crippen molar-refractivity contribution in [2.75, 3.05) is 34.4 Å². The molecule has 0 fully saturated rings. The highest BCUT2D eigenvalue weighted by Crippen LogP contribution is 2.46. The molecule has 200 valence electrons. The van der Waals surface area contributed by atoms with Gasteiger partial charge in [0.25, 0.3) is 0 Å². The number of aliphatic hydroxyl groups excluding tert-OH is 1. The SMILES string of the molecule is C[N+](C)(C)C(O)C(CC(=O)O)OP(=O)(O)OCCCCCCCCOc1ccc([N+](=O)[O-])c(F)c1. The fourth-order valence-electron chi connectivity index (χ4n) is 3.08. The first-order valence-corrected chi connectivity index (χ1v) is 12.7. The van der Waals surface area contributed by atoms with Gasteiger partial charge in [0.15, 0.2) is 6.10 Å². The molecule has 1 aromatic rings. The van der Waals surface area contributed by atoms with Crippen LogP contribution in [0.3, 0.4) is 0 Å². The lowest BCUT2D eigenvalue weighted by Crippen LogP contribution is -2.52. The van der Waals surface area contributed by atoms with Crippen LogP contribution in [0.1, 0.15) is 44.9 Å². The minimum Gasteiger partial charge on any atom is -0.493 e. The number of aliphatic carboxylic acids is 1. The number of hydrogen-bond donors (Lipinski definition) is 3. The third kappa shape index (κ3) is 12.4. The van der Waals surface area contributed by atoms with Crippen molar-refractivity contribution >= 4 is 19.5 Å². The number of halogens is 1. The number of benzene rings is 1. The summed E-state index contributed by atoms with van der Waals surface area (Å²) in [5.74, 6) is -2.01. The van der Waals surface area contributed by atoms with Crippen molar-refractivity contribution in [2.24, 2.45) is 0 Å². The number of carboxylic acid groups (broad SMARTS) is 1. The maximum Gasteiger partial charge on any atom is 0.472 e. The first kappa shape index (κ1) is 30.9. The van der Waals surface area contributed by atoms with Gasteiger partial charge >= 0.3 is 19.5 Å². The van der Waals surface area contributed by atoms with Gasteiger partial charge in [-0.2, -0.15) is 4.39 Å². The summed E-state index contributed by atoms with van der Waals surface area (Å²) in [5, 5.41) is 29.8. The second-order valence-corrected chi connectivity index (χ2v) is 10.3. The largest absolute Gasteiger partial charge is 0.493 e. The van der Waals surface area contributed by atoms with Gasteiger partial charge in [0.2, 0.25) is 12.0 Å². The highest BCUT2D eigenvalue weighted by molar-refractivity contribution is 7.47. The van der Waals surface area contributed by atoms with Crippen LogP contribution in [0, 0.1) is 15.9 Å². The fourth-order valence-corrected chi connectivity index (χ4v) is 4.02. The second-order valence-electron chi connectivity index (χ2n) is 8.91. The van der Waals surface area contributed by atoms with E-state index in [-0.39, 0.29) is 16.8 Å². The Morgan fingerprint density at radius 1 is 1.14 bits per heavy atom. The first-order valence-electron chi connectivity index (χ1n) is 11.2. The van der Waals surface area contributed by atoms with Gasteiger partial charge in [-0.3, -0.25) is 24.0 Å². The molecule has 1 aromatic carbocycles. The van der Waals surface area contributed by atoms with Gasteiger partial charge in [-0.15, -0.1) is 0 Å². The molecule has 0 aliphatic carbocycles. The van der Waals surface area contributed by atoms with Crippen molar-refractivity contribution in [3.8, 4) is 5.75 Å². The van der Waals surface area contributed by atoms with Gasteiger partial charge in [-0.1, -0.05) is 25.7 Å². The molecule has 0 spiro atoms. The number of carboxylic acids is 1. The van der Waals surface area contributed by atoms with Gasteiger partial charge in [-0.25, -0.2) is 4.57 Å². The molecule has 0 aliphatic heterocycles. The summed E-state index contributed by atoms with van der Waals surface area (Å²) < 4.78 is 40.9. The predicted octanol–water partition coefficient (Wildman–Crippen LogP) is 3.45. The van der Waals surface area contributed by atoms with Crippen LogP contribution >= 0.6 is 7.82 Å². The zero-order valence-electron chi connectivity index (χ0n) is 20.2. The molecule has 12 nitrogen and oxygen atoms in total. The van der Waals surface area contributed by atoms with Gasteiger partial charge in [-0.05, 0) is 18.9 Å². The van der Waals surface area contributed by atoms with Crippen molar-refractivity contribution in [1.29, 1.82) is 0 Å². The molecule has 0 aromatic heterocycles. The average Bonchev–Trinajstić information content (AvgIpc) is 2.72. The zero-order valence-corrected chi connectivity index (χ0v) is 21.1. The van der Waals surface area contributed by atoms with Crippen LogP contribution in [-0.2, 0) is 18.4 Å². The van der Waals surface area contributed by atoms with Crippen molar-refractivity contribution in [3.63, 3.8) is 0 Å². The number of hydrogen-bond acceptors (Lipinski definition) is 8. The van der Waals surface area contributed by atoms with E-state index in [0.717, 1.165) is 31.4 Å². The van der Waals surface area contributed by atoms with E-state index >= 15 is 0 Å². The van der Waals surface area contributed by atoms with Crippen LogP contribution in [0.25, 0.3) is 0 Å². The number of phosphoric acid groups is 1. The van der Waals surface area contributed by atoms with Crippen LogP contribution in [0.2, 0.25) is 0 Å². The predicted molar refractivity (Wildman–Crippen MR) is 123 cm³/mol. The van der Waals surface area contributed by atoms with E-state index in [0.29, 0.717) is 25.9 Å². The molecule has 3 unspecified atom stereocenters. The molecule has 14 heteroatoms. The van der Waals surface area contributed by atoms with Crippen molar-refractivity contribution in [3.05, 3.63) is 34.1 Å². The molecule has 0 saturated heterocycles. The lowest BCUT2D eigenvalue weighted by atomic mass is 10.1. The molecule has 0 saturated carbocycles. The summed E-state index contributed by atoms with van der Waals surface area (Å²) in [6.07, 6.45) is 0.990. The monoisotopic (exact) mass is 525 g/mol. The normalized spacial score (nSPS) is 15.3. The smallest absolute Gasteiger partial charge is 0.472 e. The Balaban J connectivity index is 2.22. The van der Waals surface area contributed by atoms with E-state index in [2.05, 4.69) is 0 Å². The second kappa shape index (κ2) is 14.4. The van der Waals surface area contributed by atoms with Gasteiger partial charge in [0.05, 0.1) is 45.7 Å². The van der Waals surface area contributed by atoms with Crippen LogP contribution in [-0.4, -0.2) is 77.2 Å². The minimum atomic E-state index is -4.55. The van der Waals surface area contributed by atoms with Gasteiger partial charge in [0.1, 0.15) is 5.75 Å². The Kier molecular flexibility index (Phi) is 12.7. The number of aliphatic hydroxyl groups is 1. The maximum absolute atomic E-state index is 13.5. The van der Waals surface area contributed by atoms with Crippen LogP contribution < -0.4 is 4.74 Å². The zero-order chi connectivity index (χ0) is 26.6. The van der Waals surface area contributed by atoms with E-state index in [4.69, 9.17) is 18.9 Å². The summed E-state index contributed by atoms with van der Waals surface area (Å²) in [4.78, 5) is 30.7. The molecule has 0 heterocycles. The highest BCUT2D eigenvalue weighted by atomic mass is 31.2. The Morgan fingerprint density at radius 2 is 1.71 bits per heavy atom. The summed E-state index contributed by atoms with van der Waals surface area (Å²) >= 11 is 0. The number of rotatable bonds is 18. The number of unbranched alkanes of at least 4 members (excludes halogenated alkanes) is 5. The standard InChI is InChI=1S/C21H34FN2O10P/c1-24(2,3)21(27)19(15-20(25)26)34-35(30,31)33-13-9-7-5-4-6-8-12-32-16-10-11-18(23(28)29)17(22)14-16/h10-11,14,19,21,27H,4-9,12-13,15H2,1-3H3,(H-,25,26,30,31)/p+1. The van der Waals surface area contributed by atoms with E-state index in [1.54, 1.807) is 21.1 Å². The lowest BCUT2D eigenvalue weighted by Gasteiger charge is -2.34. The Hall–Kier alpha value is -2.15. The molecule has 0 aliphatic rings. The molecule has 0 radical (unpaired) electrons. The first-order chi connectivity index (χ1) is 16.2. The number of nitro groups is 1. The molecular formula is C21H35FN2O10P+. The maximum atomic E-state index is 13.5. The quantitative estimate of drug-likeness (QED) is 0.0645. The lowest BCUT2D eigenvalue weighted by molar-refractivity contribution is -0.922. The minimum absolute atomic E-state index is 0.0666.